The Morgan fingerprint density at radius 1 is 1.07 bits per heavy atom. The van der Waals surface area contributed by atoms with Crippen molar-refractivity contribution in [2.75, 3.05) is 33.3 Å². The van der Waals surface area contributed by atoms with Gasteiger partial charge in [-0.25, -0.2) is 15.0 Å². The van der Waals surface area contributed by atoms with E-state index in [0.717, 1.165) is 37.1 Å². The number of rotatable bonds is 7. The third kappa shape index (κ3) is 3.77. The summed E-state index contributed by atoms with van der Waals surface area (Å²) in [6, 6.07) is 3.81. The lowest BCUT2D eigenvalue weighted by atomic mass is 10.1. The number of benzene rings is 1. The summed E-state index contributed by atoms with van der Waals surface area (Å²) in [5.41, 5.74) is 2.44. The van der Waals surface area contributed by atoms with E-state index in [1.54, 1.807) is 34.0 Å². The van der Waals surface area contributed by atoms with Crippen molar-refractivity contribution in [1.82, 2.24) is 19.5 Å². The molecule has 1 saturated heterocycles. The maximum Gasteiger partial charge on any atom is 0.203 e. The van der Waals surface area contributed by atoms with Gasteiger partial charge in [0.2, 0.25) is 5.75 Å². The average Bonchev–Trinajstić information content (AvgIpc) is 3.22. The van der Waals surface area contributed by atoms with E-state index >= 15 is 0 Å². The maximum absolute atomic E-state index is 5.87. The second-order valence-electron chi connectivity index (χ2n) is 6.75. The van der Waals surface area contributed by atoms with E-state index in [4.69, 9.17) is 18.9 Å². The van der Waals surface area contributed by atoms with Gasteiger partial charge in [0.1, 0.15) is 12.6 Å². The number of methoxy groups -OCH3 is 3. The van der Waals surface area contributed by atoms with Crippen LogP contribution in [0, 0.1) is 0 Å². The molecule has 9 heteroatoms. The Labute approximate surface area is 169 Å². The lowest BCUT2D eigenvalue weighted by Gasteiger charge is -2.23. The fourth-order valence-corrected chi connectivity index (χ4v) is 3.56. The molecule has 4 rings (SSSR count). The van der Waals surface area contributed by atoms with Gasteiger partial charge in [-0.3, -0.25) is 4.57 Å². The monoisotopic (exact) mass is 399 g/mol. The highest BCUT2D eigenvalue weighted by Crippen LogP contribution is 2.38. The van der Waals surface area contributed by atoms with Gasteiger partial charge in [0.15, 0.2) is 28.5 Å². The Balaban J connectivity index is 1.58. The van der Waals surface area contributed by atoms with Gasteiger partial charge in [-0.05, 0) is 37.0 Å². The number of imidazole rings is 1. The summed E-state index contributed by atoms with van der Waals surface area (Å²) in [6.45, 7) is 1.28. The number of nitrogens with zero attached hydrogens (tertiary/aromatic N) is 4. The Morgan fingerprint density at radius 2 is 1.86 bits per heavy atom. The van der Waals surface area contributed by atoms with E-state index in [2.05, 4.69) is 20.3 Å². The second-order valence-corrected chi connectivity index (χ2v) is 6.75. The predicted molar refractivity (Wildman–Crippen MR) is 108 cm³/mol. The Kier molecular flexibility index (Phi) is 5.66. The molecular weight excluding hydrogens is 374 g/mol. The highest BCUT2D eigenvalue weighted by molar-refractivity contribution is 5.82. The number of anilines is 1. The fraction of sp³-hybridized carbons (Fsp3) is 0.450. The van der Waals surface area contributed by atoms with Gasteiger partial charge in [-0.1, -0.05) is 0 Å². The number of nitrogens with one attached hydrogen (secondary N) is 1. The molecule has 0 spiro atoms. The third-order valence-corrected chi connectivity index (χ3v) is 5.01. The van der Waals surface area contributed by atoms with Gasteiger partial charge in [0, 0.05) is 13.2 Å². The van der Waals surface area contributed by atoms with Crippen molar-refractivity contribution in [2.45, 2.75) is 32.0 Å². The van der Waals surface area contributed by atoms with Crippen LogP contribution in [-0.2, 0) is 11.3 Å². The number of hydrogen-bond donors (Lipinski definition) is 1. The summed E-state index contributed by atoms with van der Waals surface area (Å²) in [5.74, 6) is 2.44. The number of fused-ring (bicyclic) bond motifs is 1. The first-order chi connectivity index (χ1) is 14.2. The molecule has 3 heterocycles. The first-order valence-electron chi connectivity index (χ1n) is 9.57. The predicted octanol–water partition coefficient (Wildman–Crippen LogP) is 3.16. The smallest absolute Gasteiger partial charge is 0.203 e. The highest BCUT2D eigenvalue weighted by atomic mass is 16.5. The molecule has 1 aromatic carbocycles. The Bertz CT molecular complexity index is 959. The van der Waals surface area contributed by atoms with Crippen molar-refractivity contribution < 1.29 is 18.9 Å². The molecule has 1 aliphatic heterocycles. The molecule has 2 aromatic heterocycles. The number of hydrogen-bond acceptors (Lipinski definition) is 8. The number of ether oxygens (including phenoxy) is 4. The van der Waals surface area contributed by atoms with Crippen molar-refractivity contribution in [2.24, 2.45) is 0 Å². The van der Waals surface area contributed by atoms with Gasteiger partial charge in [-0.2, -0.15) is 0 Å². The van der Waals surface area contributed by atoms with Gasteiger partial charge in [0.05, 0.1) is 27.7 Å². The van der Waals surface area contributed by atoms with Crippen LogP contribution < -0.4 is 19.5 Å². The van der Waals surface area contributed by atoms with Crippen LogP contribution in [0.4, 0.5) is 5.82 Å². The topological polar surface area (TPSA) is 92.6 Å². The molecular formula is C20H25N5O4. The molecule has 1 aliphatic rings. The normalized spacial score (nSPS) is 16.6. The van der Waals surface area contributed by atoms with Crippen LogP contribution >= 0.6 is 0 Å². The quantitative estimate of drug-likeness (QED) is 0.648. The van der Waals surface area contributed by atoms with E-state index in [-0.39, 0.29) is 6.23 Å². The molecule has 0 saturated carbocycles. The third-order valence-electron chi connectivity index (χ3n) is 5.01. The molecule has 29 heavy (non-hydrogen) atoms. The first kappa shape index (κ1) is 19.3. The van der Waals surface area contributed by atoms with Crippen LogP contribution in [0.25, 0.3) is 11.2 Å². The van der Waals surface area contributed by atoms with Gasteiger partial charge >= 0.3 is 0 Å². The lowest BCUT2D eigenvalue weighted by Crippen LogP contribution is -2.17. The summed E-state index contributed by atoms with van der Waals surface area (Å²) in [4.78, 5) is 13.3. The van der Waals surface area contributed by atoms with Crippen LogP contribution in [0.3, 0.4) is 0 Å². The van der Waals surface area contributed by atoms with Crippen LogP contribution in [0.1, 0.15) is 31.1 Å². The Morgan fingerprint density at radius 3 is 2.52 bits per heavy atom. The van der Waals surface area contributed by atoms with Crippen molar-refractivity contribution >= 4 is 17.0 Å². The molecule has 0 radical (unpaired) electrons. The molecule has 1 atom stereocenters. The van der Waals surface area contributed by atoms with Gasteiger partial charge in [0.25, 0.3) is 0 Å². The Hall–Kier alpha value is -3.07. The second kappa shape index (κ2) is 8.52. The van der Waals surface area contributed by atoms with Crippen molar-refractivity contribution in [3.05, 3.63) is 30.4 Å². The standard InChI is InChI=1S/C20H25N5O4/c1-26-14-8-13(9-15(27-2)18(14)28-3)10-21-19-17-20(23-11-22-19)25(12-24-17)16-6-4-5-7-29-16/h8-9,11-12,16H,4-7,10H2,1-3H3,(H,21,22,23). The minimum Gasteiger partial charge on any atom is -0.493 e. The molecule has 9 nitrogen and oxygen atoms in total. The minimum absolute atomic E-state index is 0.0217. The van der Waals surface area contributed by atoms with Crippen molar-refractivity contribution in [3.8, 4) is 17.2 Å². The van der Waals surface area contributed by atoms with E-state index in [1.165, 1.54) is 0 Å². The average molecular weight is 399 g/mol. The number of aromatic nitrogens is 4. The zero-order valence-corrected chi connectivity index (χ0v) is 16.8. The lowest BCUT2D eigenvalue weighted by molar-refractivity contribution is -0.0298. The zero-order valence-electron chi connectivity index (χ0n) is 16.8. The molecule has 154 valence electrons. The van der Waals surface area contributed by atoms with E-state index in [1.807, 2.05) is 16.7 Å². The summed E-state index contributed by atoms with van der Waals surface area (Å²) < 4.78 is 24.1. The molecule has 1 fully saturated rings. The summed E-state index contributed by atoms with van der Waals surface area (Å²) in [7, 11) is 4.78. The van der Waals surface area contributed by atoms with E-state index in [9.17, 15) is 0 Å². The zero-order chi connectivity index (χ0) is 20.2. The first-order valence-corrected chi connectivity index (χ1v) is 9.57. The summed E-state index contributed by atoms with van der Waals surface area (Å²) in [5, 5.41) is 3.34. The van der Waals surface area contributed by atoms with Gasteiger partial charge in [-0.15, -0.1) is 0 Å². The van der Waals surface area contributed by atoms with E-state index in [0.29, 0.717) is 35.1 Å². The minimum atomic E-state index is -0.0217. The molecule has 1 N–H and O–H groups in total. The summed E-state index contributed by atoms with van der Waals surface area (Å²) in [6.07, 6.45) is 6.50. The molecule has 0 aliphatic carbocycles. The van der Waals surface area contributed by atoms with Crippen LogP contribution in [0.2, 0.25) is 0 Å². The fourth-order valence-electron chi connectivity index (χ4n) is 3.56. The van der Waals surface area contributed by atoms with E-state index < -0.39 is 0 Å². The largest absolute Gasteiger partial charge is 0.493 e. The van der Waals surface area contributed by atoms with Crippen LogP contribution in [0.15, 0.2) is 24.8 Å². The molecule has 1 unspecified atom stereocenters. The van der Waals surface area contributed by atoms with Crippen molar-refractivity contribution in [1.29, 1.82) is 0 Å². The molecule has 0 bridgehead atoms. The SMILES string of the molecule is COc1cc(CNc2ncnc3c2ncn3C2CCCCO2)cc(OC)c1OC. The summed E-state index contributed by atoms with van der Waals surface area (Å²) >= 11 is 0. The van der Waals surface area contributed by atoms with Gasteiger partial charge < -0.3 is 24.3 Å². The van der Waals surface area contributed by atoms with Crippen molar-refractivity contribution in [3.63, 3.8) is 0 Å². The highest BCUT2D eigenvalue weighted by Gasteiger charge is 2.20. The van der Waals surface area contributed by atoms with Crippen LogP contribution in [-0.4, -0.2) is 47.5 Å². The molecule has 0 amide bonds. The maximum atomic E-state index is 5.87. The molecule has 3 aromatic rings. The van der Waals surface area contributed by atoms with Crippen LogP contribution in [0.5, 0.6) is 17.2 Å².